The molecule has 0 aliphatic rings. The highest BCUT2D eigenvalue weighted by molar-refractivity contribution is 7.47. The van der Waals surface area contributed by atoms with E-state index >= 15 is 0 Å². The summed E-state index contributed by atoms with van der Waals surface area (Å²) in [4.78, 5) is 22.9. The van der Waals surface area contributed by atoms with Gasteiger partial charge in [-0.05, 0) is 70.6 Å². The van der Waals surface area contributed by atoms with E-state index in [1.165, 1.54) is 128 Å². The lowest BCUT2D eigenvalue weighted by molar-refractivity contribution is -0.870. The van der Waals surface area contributed by atoms with Crippen molar-refractivity contribution in [3.8, 4) is 0 Å². The number of carbonyl (C=O) groups excluding carboxylic acids is 1. The first-order valence-corrected chi connectivity index (χ1v) is 24.2. The Bertz CT molecular complexity index is 978. The highest BCUT2D eigenvalue weighted by atomic mass is 31.2. The standard InChI is InChI=1S/C46H88NO7P/c1-6-8-10-12-14-16-18-20-22-23-24-25-27-29-31-33-35-37-39-46(48)54-45(44-53-55(49,50)52-42-40-47(3,4)5)43-51-41-38-36-34-32-30-28-26-21-19-17-15-13-11-9-7-2/h16,18-19,21-23,45H,6-15,17,20,24-44H2,1-5H3/p+1/b18-16-,21-19-,23-22-. The van der Waals surface area contributed by atoms with Crippen LogP contribution in [-0.2, 0) is 27.9 Å². The lowest BCUT2D eigenvalue weighted by Crippen LogP contribution is -2.37. The van der Waals surface area contributed by atoms with Crippen molar-refractivity contribution >= 4 is 13.8 Å². The van der Waals surface area contributed by atoms with E-state index in [-0.39, 0.29) is 25.8 Å². The number of phosphoric ester groups is 1. The topological polar surface area (TPSA) is 91.3 Å². The van der Waals surface area contributed by atoms with E-state index in [2.05, 4.69) is 50.3 Å². The van der Waals surface area contributed by atoms with Crippen molar-refractivity contribution in [3.05, 3.63) is 36.5 Å². The van der Waals surface area contributed by atoms with Gasteiger partial charge in [-0.3, -0.25) is 13.8 Å². The summed E-state index contributed by atoms with van der Waals surface area (Å²) in [7, 11) is 1.66. The zero-order valence-electron chi connectivity index (χ0n) is 36.7. The smallest absolute Gasteiger partial charge is 0.457 e. The zero-order valence-corrected chi connectivity index (χ0v) is 37.6. The van der Waals surface area contributed by atoms with Crippen LogP contribution in [0.2, 0.25) is 0 Å². The van der Waals surface area contributed by atoms with Gasteiger partial charge in [0, 0.05) is 13.0 Å². The predicted octanol–water partition coefficient (Wildman–Crippen LogP) is 13.4. The number of hydrogen-bond acceptors (Lipinski definition) is 6. The van der Waals surface area contributed by atoms with Crippen molar-refractivity contribution in [3.63, 3.8) is 0 Å². The summed E-state index contributed by atoms with van der Waals surface area (Å²) in [5, 5.41) is 0. The maximum absolute atomic E-state index is 12.7. The second-order valence-corrected chi connectivity index (χ2v) is 17.9. The Morgan fingerprint density at radius 3 is 1.51 bits per heavy atom. The molecule has 0 saturated carbocycles. The SMILES string of the molecule is CCCCCC/C=C\C/C=C\CCCCCCCCCC(=O)OC(COCCCCCCCC/C=C\CCCCCCC)COP(=O)(O)OCC[N+](C)(C)C. The molecule has 8 nitrogen and oxygen atoms in total. The molecular weight excluding hydrogens is 709 g/mol. The predicted molar refractivity (Wildman–Crippen MR) is 233 cm³/mol. The minimum Gasteiger partial charge on any atom is -0.457 e. The van der Waals surface area contributed by atoms with Crippen LogP contribution in [0, 0.1) is 0 Å². The van der Waals surface area contributed by atoms with Crippen LogP contribution in [0.3, 0.4) is 0 Å². The van der Waals surface area contributed by atoms with Crippen molar-refractivity contribution in [2.45, 2.75) is 200 Å². The average Bonchev–Trinajstić information content (AvgIpc) is 3.13. The fourth-order valence-electron chi connectivity index (χ4n) is 6.11. The summed E-state index contributed by atoms with van der Waals surface area (Å²) in [5.74, 6) is -0.323. The number of phosphoric acid groups is 1. The first kappa shape index (κ1) is 53.7. The lowest BCUT2D eigenvalue weighted by Gasteiger charge is -2.24. The second kappa shape index (κ2) is 39.5. The third-order valence-electron chi connectivity index (χ3n) is 9.67. The van der Waals surface area contributed by atoms with E-state index in [9.17, 15) is 14.3 Å². The molecule has 0 fully saturated rings. The molecule has 2 atom stereocenters. The number of likely N-dealkylation sites (N-methyl/N-ethyl adjacent to an activating group) is 1. The van der Waals surface area contributed by atoms with E-state index in [1.54, 1.807) is 0 Å². The summed E-state index contributed by atoms with van der Waals surface area (Å²) in [6.07, 6.45) is 46.0. The van der Waals surface area contributed by atoms with Gasteiger partial charge in [0.25, 0.3) is 0 Å². The number of rotatable bonds is 42. The normalized spacial score (nSPS) is 14.1. The number of nitrogens with zero attached hydrogens (tertiary/aromatic N) is 1. The number of esters is 1. The van der Waals surface area contributed by atoms with Crippen LogP contribution >= 0.6 is 7.82 Å². The summed E-state index contributed by atoms with van der Waals surface area (Å²) in [6, 6.07) is 0. The Hall–Kier alpha value is -1.28. The molecule has 0 aliphatic carbocycles. The van der Waals surface area contributed by atoms with E-state index in [0.29, 0.717) is 24.1 Å². The largest absolute Gasteiger partial charge is 0.472 e. The molecule has 0 aliphatic heterocycles. The molecular formula is C46H89NO7P+. The molecule has 324 valence electrons. The number of carbonyl (C=O) groups is 1. The van der Waals surface area contributed by atoms with Gasteiger partial charge in [0.05, 0.1) is 34.4 Å². The number of quaternary nitrogens is 1. The third kappa shape index (κ3) is 43.7. The van der Waals surface area contributed by atoms with Gasteiger partial charge in [-0.15, -0.1) is 0 Å². The van der Waals surface area contributed by atoms with Gasteiger partial charge in [0.2, 0.25) is 0 Å². The maximum Gasteiger partial charge on any atom is 0.472 e. The van der Waals surface area contributed by atoms with Crippen LogP contribution in [0.5, 0.6) is 0 Å². The van der Waals surface area contributed by atoms with Gasteiger partial charge in [0.1, 0.15) is 19.3 Å². The van der Waals surface area contributed by atoms with Crippen molar-refractivity contribution in [1.82, 2.24) is 0 Å². The summed E-state index contributed by atoms with van der Waals surface area (Å²) < 4.78 is 35.0. The van der Waals surface area contributed by atoms with Gasteiger partial charge in [0.15, 0.2) is 0 Å². The first-order valence-electron chi connectivity index (χ1n) is 22.7. The van der Waals surface area contributed by atoms with Crippen molar-refractivity contribution in [2.75, 3.05) is 54.1 Å². The number of ether oxygens (including phenoxy) is 2. The van der Waals surface area contributed by atoms with Crippen molar-refractivity contribution < 1.29 is 37.3 Å². The Balaban J connectivity index is 4.24. The van der Waals surface area contributed by atoms with Crippen molar-refractivity contribution in [1.29, 1.82) is 0 Å². The van der Waals surface area contributed by atoms with E-state index in [1.807, 2.05) is 21.1 Å². The third-order valence-corrected chi connectivity index (χ3v) is 10.7. The molecule has 0 radical (unpaired) electrons. The van der Waals surface area contributed by atoms with E-state index < -0.39 is 13.9 Å². The molecule has 0 bridgehead atoms. The summed E-state index contributed by atoms with van der Waals surface area (Å²) >= 11 is 0. The molecule has 0 rings (SSSR count). The number of allylic oxidation sites excluding steroid dienone is 6. The average molecular weight is 799 g/mol. The van der Waals surface area contributed by atoms with Gasteiger partial charge in [-0.1, -0.05) is 153 Å². The van der Waals surface area contributed by atoms with Crippen LogP contribution in [0.25, 0.3) is 0 Å². The maximum atomic E-state index is 12.7. The first-order chi connectivity index (χ1) is 26.6. The summed E-state index contributed by atoms with van der Waals surface area (Å²) in [5.41, 5.74) is 0. The fourth-order valence-corrected chi connectivity index (χ4v) is 6.85. The van der Waals surface area contributed by atoms with E-state index in [4.69, 9.17) is 18.5 Å². The van der Waals surface area contributed by atoms with Crippen LogP contribution in [0.15, 0.2) is 36.5 Å². The quantitative estimate of drug-likeness (QED) is 0.0216. The monoisotopic (exact) mass is 799 g/mol. The Labute approximate surface area is 340 Å². The molecule has 0 heterocycles. The molecule has 55 heavy (non-hydrogen) atoms. The second-order valence-electron chi connectivity index (χ2n) is 16.4. The van der Waals surface area contributed by atoms with E-state index in [0.717, 1.165) is 44.9 Å². The minimum absolute atomic E-state index is 0.0857. The molecule has 2 unspecified atom stereocenters. The highest BCUT2D eigenvalue weighted by Crippen LogP contribution is 2.43. The van der Waals surface area contributed by atoms with Crippen LogP contribution in [0.1, 0.15) is 194 Å². The molecule has 9 heteroatoms. The lowest BCUT2D eigenvalue weighted by atomic mass is 10.1. The molecule has 0 aromatic heterocycles. The van der Waals surface area contributed by atoms with Gasteiger partial charge in [-0.2, -0.15) is 0 Å². The molecule has 1 N–H and O–H groups in total. The molecule has 0 aromatic rings. The fraction of sp³-hybridized carbons (Fsp3) is 0.848. The molecule has 0 amide bonds. The van der Waals surface area contributed by atoms with Crippen LogP contribution in [-0.4, -0.2) is 75.6 Å². The Kier molecular flexibility index (Phi) is 38.6. The molecule has 0 spiro atoms. The Morgan fingerprint density at radius 1 is 0.564 bits per heavy atom. The molecule has 0 aromatic carbocycles. The molecule has 0 saturated heterocycles. The van der Waals surface area contributed by atoms with Gasteiger partial charge < -0.3 is 18.9 Å². The summed E-state index contributed by atoms with van der Waals surface area (Å²) in [6.45, 7) is 5.58. The highest BCUT2D eigenvalue weighted by Gasteiger charge is 2.26. The van der Waals surface area contributed by atoms with Gasteiger partial charge in [-0.25, -0.2) is 4.57 Å². The van der Waals surface area contributed by atoms with Crippen LogP contribution in [0.4, 0.5) is 0 Å². The minimum atomic E-state index is -4.28. The Morgan fingerprint density at radius 2 is 1.00 bits per heavy atom. The zero-order chi connectivity index (χ0) is 40.6. The van der Waals surface area contributed by atoms with Crippen LogP contribution < -0.4 is 0 Å². The number of hydrogen-bond donors (Lipinski definition) is 1. The van der Waals surface area contributed by atoms with Crippen molar-refractivity contribution in [2.24, 2.45) is 0 Å². The number of unbranched alkanes of at least 4 members (excludes halogenated alkanes) is 22. The van der Waals surface area contributed by atoms with Gasteiger partial charge >= 0.3 is 13.8 Å².